The molecule has 0 fully saturated rings. The highest BCUT2D eigenvalue weighted by Crippen LogP contribution is 2.28. The van der Waals surface area contributed by atoms with Crippen molar-refractivity contribution in [2.75, 3.05) is 17.3 Å². The lowest BCUT2D eigenvalue weighted by Crippen LogP contribution is -2.26. The Morgan fingerprint density at radius 2 is 1.87 bits per heavy atom. The lowest BCUT2D eigenvalue weighted by Gasteiger charge is -2.18. The van der Waals surface area contributed by atoms with Gasteiger partial charge in [-0.3, -0.25) is 14.0 Å². The van der Waals surface area contributed by atoms with Crippen molar-refractivity contribution in [1.29, 1.82) is 0 Å². The van der Waals surface area contributed by atoms with Crippen molar-refractivity contribution in [2.45, 2.75) is 0 Å². The predicted molar refractivity (Wildman–Crippen MR) is 122 cm³/mol. The molecule has 150 valence electrons. The van der Waals surface area contributed by atoms with E-state index in [1.165, 1.54) is 0 Å². The molecule has 0 aliphatic heterocycles. The highest BCUT2D eigenvalue weighted by molar-refractivity contribution is 9.10. The second-order valence-electron chi connectivity index (χ2n) is 6.59. The van der Waals surface area contributed by atoms with Gasteiger partial charge in [-0.05, 0) is 58.4 Å². The quantitative estimate of drug-likeness (QED) is 0.394. The molecule has 0 unspecified atom stereocenters. The van der Waals surface area contributed by atoms with Crippen LogP contribution >= 0.6 is 27.5 Å². The van der Waals surface area contributed by atoms with Gasteiger partial charge in [-0.15, -0.1) is 0 Å². The number of fused-ring (bicyclic) bond motifs is 1. The van der Waals surface area contributed by atoms with E-state index in [2.05, 4.69) is 26.2 Å². The van der Waals surface area contributed by atoms with E-state index >= 15 is 0 Å². The summed E-state index contributed by atoms with van der Waals surface area (Å²) in [5.74, 6) is -0.162. The average molecular weight is 484 g/mol. The molecule has 0 radical (unpaired) electrons. The molecular formula is C22H16BrClN4O2. The molecule has 0 saturated heterocycles. The number of pyridine rings is 1. The molecule has 1 N–H and O–H groups in total. The molecule has 4 rings (SSSR count). The highest BCUT2D eigenvalue weighted by atomic mass is 79.9. The molecule has 6 nitrogen and oxygen atoms in total. The number of carbonyl (C=O) groups excluding carboxylic acids is 2. The topological polar surface area (TPSA) is 66.7 Å². The van der Waals surface area contributed by atoms with Gasteiger partial charge in [-0.1, -0.05) is 23.7 Å². The molecule has 0 bridgehead atoms. The van der Waals surface area contributed by atoms with Gasteiger partial charge < -0.3 is 10.2 Å². The Kier molecular flexibility index (Phi) is 5.57. The summed E-state index contributed by atoms with van der Waals surface area (Å²) in [6, 6.07) is 16.2. The number of imidazole rings is 1. The first-order valence-corrected chi connectivity index (χ1v) is 10.2. The summed E-state index contributed by atoms with van der Waals surface area (Å²) in [6.07, 6.45) is 4.16. The largest absolute Gasteiger partial charge is 0.329 e. The molecule has 30 heavy (non-hydrogen) atoms. The third-order valence-electron chi connectivity index (χ3n) is 4.73. The Bertz CT molecular complexity index is 1240. The van der Waals surface area contributed by atoms with Crippen molar-refractivity contribution in [3.8, 4) is 11.3 Å². The molecule has 2 aromatic carbocycles. The van der Waals surface area contributed by atoms with Gasteiger partial charge in [0.15, 0.2) is 5.65 Å². The molecule has 2 heterocycles. The number of anilines is 2. The maximum Gasteiger partial charge on any atom is 0.259 e. The zero-order chi connectivity index (χ0) is 21.3. The minimum Gasteiger partial charge on any atom is -0.329 e. The Balaban J connectivity index is 1.73. The van der Waals surface area contributed by atoms with Crippen LogP contribution < -0.4 is 10.2 Å². The third-order valence-corrected chi connectivity index (χ3v) is 5.57. The molecule has 0 saturated carbocycles. The van der Waals surface area contributed by atoms with Gasteiger partial charge >= 0.3 is 0 Å². The predicted octanol–water partition coefficient (Wildman–Crippen LogP) is 5.26. The van der Waals surface area contributed by atoms with Crippen molar-refractivity contribution in [2.24, 2.45) is 0 Å². The van der Waals surface area contributed by atoms with Crippen LogP contribution in [0.1, 0.15) is 10.4 Å². The number of amides is 2. The van der Waals surface area contributed by atoms with E-state index in [9.17, 15) is 9.59 Å². The van der Waals surface area contributed by atoms with Crippen LogP contribution in [-0.4, -0.2) is 28.7 Å². The number of carbonyl (C=O) groups is 2. The van der Waals surface area contributed by atoms with E-state index in [0.29, 0.717) is 32.8 Å². The normalized spacial score (nSPS) is 10.8. The second kappa shape index (κ2) is 8.30. The van der Waals surface area contributed by atoms with Gasteiger partial charge in [0.1, 0.15) is 0 Å². The van der Waals surface area contributed by atoms with Crippen molar-refractivity contribution in [3.05, 3.63) is 82.0 Å². The molecule has 4 aromatic rings. The molecule has 0 spiro atoms. The minimum absolute atomic E-state index is 0.162. The zero-order valence-corrected chi connectivity index (χ0v) is 18.2. The van der Waals surface area contributed by atoms with Crippen molar-refractivity contribution in [3.63, 3.8) is 0 Å². The monoisotopic (exact) mass is 482 g/mol. The van der Waals surface area contributed by atoms with Gasteiger partial charge in [0, 0.05) is 35.2 Å². The van der Waals surface area contributed by atoms with Gasteiger partial charge in [-0.2, -0.15) is 0 Å². The summed E-state index contributed by atoms with van der Waals surface area (Å²) in [5.41, 5.74) is 4.37. The van der Waals surface area contributed by atoms with E-state index in [4.69, 9.17) is 11.6 Å². The number of rotatable bonds is 5. The van der Waals surface area contributed by atoms with Crippen LogP contribution in [0.15, 0.2) is 71.5 Å². The molecule has 0 aliphatic carbocycles. The molecule has 0 aliphatic rings. The first-order valence-electron chi connectivity index (χ1n) is 8.99. The Hall–Kier alpha value is -3.16. The van der Waals surface area contributed by atoms with Crippen molar-refractivity contribution < 1.29 is 9.59 Å². The standard InChI is InChI=1S/C22H16BrClN4O2/c1-27(18-8-4-16(24)5-9-18)22(30)15-10-19(23)21-25-11-20(28(21)12-15)14-2-6-17(7-3-14)26-13-29/h2-13H,1H3,(H,26,29). The molecule has 0 atom stereocenters. The SMILES string of the molecule is CN(C(=O)c1cc(Br)c2ncc(-c3ccc(NC=O)cc3)n2c1)c1ccc(Cl)cc1. The summed E-state index contributed by atoms with van der Waals surface area (Å²) in [6.45, 7) is 0. The maximum absolute atomic E-state index is 13.1. The molecule has 2 amide bonds. The molecular weight excluding hydrogens is 468 g/mol. The van der Waals surface area contributed by atoms with Crippen molar-refractivity contribution >= 4 is 56.9 Å². The Morgan fingerprint density at radius 3 is 2.53 bits per heavy atom. The smallest absolute Gasteiger partial charge is 0.259 e. The summed E-state index contributed by atoms with van der Waals surface area (Å²) < 4.78 is 2.58. The molecule has 8 heteroatoms. The highest BCUT2D eigenvalue weighted by Gasteiger charge is 2.18. The summed E-state index contributed by atoms with van der Waals surface area (Å²) >= 11 is 9.48. The third kappa shape index (κ3) is 3.81. The lowest BCUT2D eigenvalue weighted by molar-refractivity contribution is -0.105. The fraction of sp³-hybridized carbons (Fsp3) is 0.0455. The Labute approximate surface area is 186 Å². The maximum atomic E-state index is 13.1. The van der Waals surface area contributed by atoms with Crippen LogP contribution in [0.25, 0.3) is 16.9 Å². The number of nitrogens with one attached hydrogen (secondary N) is 1. The van der Waals surface area contributed by atoms with Gasteiger partial charge in [0.2, 0.25) is 6.41 Å². The van der Waals surface area contributed by atoms with E-state index in [-0.39, 0.29) is 5.91 Å². The van der Waals surface area contributed by atoms with Crippen LogP contribution in [0.2, 0.25) is 5.02 Å². The summed E-state index contributed by atoms with van der Waals surface area (Å²) in [7, 11) is 1.72. The van der Waals surface area contributed by atoms with Crippen LogP contribution in [0.3, 0.4) is 0 Å². The lowest BCUT2D eigenvalue weighted by atomic mass is 10.1. The number of benzene rings is 2. The number of hydrogen-bond donors (Lipinski definition) is 1. The summed E-state index contributed by atoms with van der Waals surface area (Å²) in [5, 5.41) is 3.23. The number of hydrogen-bond acceptors (Lipinski definition) is 3. The Morgan fingerprint density at radius 1 is 1.17 bits per heavy atom. The summed E-state index contributed by atoms with van der Waals surface area (Å²) in [4.78, 5) is 29.8. The first-order chi connectivity index (χ1) is 14.5. The number of halogens is 2. The van der Waals surface area contributed by atoms with Crippen LogP contribution in [0.5, 0.6) is 0 Å². The second-order valence-corrected chi connectivity index (χ2v) is 7.88. The van der Waals surface area contributed by atoms with E-state index < -0.39 is 0 Å². The average Bonchev–Trinajstić information content (AvgIpc) is 3.19. The number of aromatic nitrogens is 2. The fourth-order valence-corrected chi connectivity index (χ4v) is 3.82. The van der Waals surface area contributed by atoms with Gasteiger partial charge in [-0.25, -0.2) is 4.98 Å². The van der Waals surface area contributed by atoms with E-state index in [0.717, 1.165) is 16.9 Å². The van der Waals surface area contributed by atoms with Crippen molar-refractivity contribution in [1.82, 2.24) is 9.38 Å². The van der Waals surface area contributed by atoms with E-state index in [1.807, 2.05) is 28.7 Å². The zero-order valence-electron chi connectivity index (χ0n) is 15.8. The first kappa shape index (κ1) is 20.1. The minimum atomic E-state index is -0.162. The van der Waals surface area contributed by atoms with E-state index in [1.54, 1.807) is 54.7 Å². The van der Waals surface area contributed by atoms with Crippen LogP contribution in [0.4, 0.5) is 11.4 Å². The van der Waals surface area contributed by atoms with Crippen LogP contribution in [-0.2, 0) is 4.79 Å². The van der Waals surface area contributed by atoms with Gasteiger partial charge in [0.25, 0.3) is 5.91 Å². The van der Waals surface area contributed by atoms with Crippen LogP contribution in [0, 0.1) is 0 Å². The molecule has 2 aromatic heterocycles. The fourth-order valence-electron chi connectivity index (χ4n) is 3.16. The van der Waals surface area contributed by atoms with Gasteiger partial charge in [0.05, 0.1) is 21.9 Å². The number of nitrogens with zero attached hydrogens (tertiary/aromatic N) is 3.